The van der Waals surface area contributed by atoms with Crippen LogP contribution >= 0.6 is 0 Å². The fourth-order valence-corrected chi connectivity index (χ4v) is 0.819. The summed E-state index contributed by atoms with van der Waals surface area (Å²) in [4.78, 5) is 20.9. The second kappa shape index (κ2) is 4.96. The van der Waals surface area contributed by atoms with Crippen LogP contribution in [-0.4, -0.2) is 12.8 Å². The predicted octanol–water partition coefficient (Wildman–Crippen LogP) is 2.62. The maximum atomic E-state index is 10.8. The summed E-state index contributed by atoms with van der Waals surface area (Å²) in [6, 6.07) is 5.82. The molecule has 0 N–H and O–H groups in total. The molecule has 0 amide bonds. The predicted molar refractivity (Wildman–Crippen MR) is 49.5 cm³/mol. The summed E-state index contributed by atoms with van der Waals surface area (Å²) < 4.78 is 9.31. The van der Waals surface area contributed by atoms with E-state index in [2.05, 4.69) is 9.91 Å². The van der Waals surface area contributed by atoms with Crippen molar-refractivity contribution in [1.82, 2.24) is 0 Å². The maximum Gasteiger partial charge on any atom is 0.513 e. The van der Waals surface area contributed by atoms with Gasteiger partial charge in [-0.3, -0.25) is 0 Å². The van der Waals surface area contributed by atoms with E-state index in [1.165, 1.54) is 24.3 Å². The van der Waals surface area contributed by atoms with Gasteiger partial charge in [0.05, 0.1) is 6.61 Å². The first kappa shape index (κ1) is 10.2. The maximum absolute atomic E-state index is 10.8. The van der Waals surface area contributed by atoms with Crippen molar-refractivity contribution in [2.24, 2.45) is 5.18 Å². The lowest BCUT2D eigenvalue weighted by Crippen LogP contribution is -2.09. The lowest BCUT2D eigenvalue weighted by Gasteiger charge is -2.02. The Morgan fingerprint density at radius 2 is 2.00 bits per heavy atom. The number of carbonyl (C=O) groups is 1. The van der Waals surface area contributed by atoms with Gasteiger partial charge in [0.1, 0.15) is 11.4 Å². The summed E-state index contributed by atoms with van der Waals surface area (Å²) in [7, 11) is 0. The highest BCUT2D eigenvalue weighted by atomic mass is 16.7. The van der Waals surface area contributed by atoms with Crippen LogP contribution in [0.4, 0.5) is 10.5 Å². The lowest BCUT2D eigenvalue weighted by molar-refractivity contribution is 0.104. The Bertz CT molecular complexity index is 320. The van der Waals surface area contributed by atoms with E-state index < -0.39 is 6.16 Å². The highest BCUT2D eigenvalue weighted by molar-refractivity contribution is 5.64. The highest BCUT2D eigenvalue weighted by Gasteiger charge is 2.03. The van der Waals surface area contributed by atoms with Crippen LogP contribution in [0.25, 0.3) is 0 Å². The van der Waals surface area contributed by atoms with Gasteiger partial charge in [-0.25, -0.2) is 4.79 Å². The van der Waals surface area contributed by atoms with E-state index in [1.54, 1.807) is 6.92 Å². The first-order chi connectivity index (χ1) is 6.76. The fraction of sp³-hybridized carbons (Fsp3) is 0.222. The van der Waals surface area contributed by atoms with Crippen molar-refractivity contribution >= 4 is 11.8 Å². The molecule has 0 aliphatic carbocycles. The summed E-state index contributed by atoms with van der Waals surface area (Å²) in [5.41, 5.74) is 0.279. The van der Waals surface area contributed by atoms with Gasteiger partial charge in [-0.1, -0.05) is 0 Å². The van der Waals surface area contributed by atoms with Crippen molar-refractivity contribution in [3.8, 4) is 5.75 Å². The van der Waals surface area contributed by atoms with Gasteiger partial charge in [0.2, 0.25) is 0 Å². The Hall–Kier alpha value is -1.91. The van der Waals surface area contributed by atoms with E-state index in [1.807, 2.05) is 0 Å². The molecule has 0 saturated heterocycles. The summed E-state index contributed by atoms with van der Waals surface area (Å²) in [5, 5.41) is 2.71. The van der Waals surface area contributed by atoms with Gasteiger partial charge in [0.15, 0.2) is 0 Å². The molecule has 5 nitrogen and oxygen atoms in total. The van der Waals surface area contributed by atoms with E-state index in [4.69, 9.17) is 4.74 Å². The molecule has 14 heavy (non-hydrogen) atoms. The summed E-state index contributed by atoms with van der Waals surface area (Å²) in [6.07, 6.45) is -0.765. The van der Waals surface area contributed by atoms with Crippen LogP contribution in [0.2, 0.25) is 0 Å². The van der Waals surface area contributed by atoms with E-state index in [-0.39, 0.29) is 12.3 Å². The van der Waals surface area contributed by atoms with Crippen LogP contribution in [0.15, 0.2) is 29.4 Å². The van der Waals surface area contributed by atoms with E-state index in [0.717, 1.165) is 0 Å². The minimum absolute atomic E-state index is 0.257. The molecule has 0 unspecified atom stereocenters. The molecule has 1 rings (SSSR count). The van der Waals surface area contributed by atoms with Crippen LogP contribution < -0.4 is 4.74 Å². The van der Waals surface area contributed by atoms with Crippen molar-refractivity contribution in [1.29, 1.82) is 0 Å². The van der Waals surface area contributed by atoms with Crippen LogP contribution in [-0.2, 0) is 4.74 Å². The molecule has 0 saturated carbocycles. The molecule has 5 heteroatoms. The number of ether oxygens (including phenoxy) is 2. The van der Waals surface area contributed by atoms with Gasteiger partial charge in [-0.15, -0.1) is 4.91 Å². The van der Waals surface area contributed by atoms with E-state index >= 15 is 0 Å². The molecule has 0 aliphatic rings. The van der Waals surface area contributed by atoms with Crippen LogP contribution in [0.1, 0.15) is 6.92 Å². The van der Waals surface area contributed by atoms with Crippen LogP contribution in [0.5, 0.6) is 5.75 Å². The number of benzene rings is 1. The minimum atomic E-state index is -0.765. The largest absolute Gasteiger partial charge is 0.513 e. The zero-order chi connectivity index (χ0) is 10.4. The van der Waals surface area contributed by atoms with Crippen molar-refractivity contribution in [3.05, 3.63) is 29.2 Å². The lowest BCUT2D eigenvalue weighted by atomic mass is 10.3. The molecule has 0 spiro atoms. The Balaban J connectivity index is 2.59. The number of carbonyl (C=O) groups excluding carboxylic acids is 1. The average molecular weight is 195 g/mol. The number of rotatable bonds is 3. The Morgan fingerprint density at radius 1 is 1.36 bits per heavy atom. The number of nitrogens with zero attached hydrogens (tertiary/aromatic N) is 1. The molecular formula is C9H9NO4. The Kier molecular flexibility index (Phi) is 3.60. The number of nitroso groups, excluding NO2 is 1. The molecule has 0 heterocycles. The van der Waals surface area contributed by atoms with Gasteiger partial charge in [-0.05, 0) is 36.4 Å². The normalized spacial score (nSPS) is 9.21. The molecule has 0 radical (unpaired) electrons. The molecule has 0 aliphatic heterocycles. The van der Waals surface area contributed by atoms with Crippen molar-refractivity contribution < 1.29 is 14.3 Å². The average Bonchev–Trinajstić information content (AvgIpc) is 2.19. The van der Waals surface area contributed by atoms with Crippen molar-refractivity contribution in [3.63, 3.8) is 0 Å². The quantitative estimate of drug-likeness (QED) is 0.422. The molecule has 1 aromatic rings. The second-order valence-corrected chi connectivity index (χ2v) is 2.37. The number of hydrogen-bond donors (Lipinski definition) is 0. The van der Waals surface area contributed by atoms with Gasteiger partial charge >= 0.3 is 6.16 Å². The Labute approximate surface area is 80.6 Å². The van der Waals surface area contributed by atoms with Gasteiger partial charge in [0, 0.05) is 0 Å². The Morgan fingerprint density at radius 3 is 2.50 bits per heavy atom. The third kappa shape index (κ3) is 2.85. The van der Waals surface area contributed by atoms with E-state index in [9.17, 15) is 9.70 Å². The minimum Gasteiger partial charge on any atom is -0.434 e. The monoisotopic (exact) mass is 195 g/mol. The number of hydrogen-bond acceptors (Lipinski definition) is 5. The molecule has 0 fully saturated rings. The molecular weight excluding hydrogens is 186 g/mol. The van der Waals surface area contributed by atoms with Crippen LogP contribution in [0, 0.1) is 4.91 Å². The summed E-state index contributed by atoms with van der Waals surface area (Å²) in [5.74, 6) is 0.316. The van der Waals surface area contributed by atoms with Gasteiger partial charge in [0.25, 0.3) is 0 Å². The first-order valence-electron chi connectivity index (χ1n) is 4.04. The standard InChI is InChI=1S/C9H9NO4/c1-2-13-9(11)14-8-5-3-7(10-12)4-6-8/h3-6H,2H2,1H3. The molecule has 0 bridgehead atoms. The molecule has 74 valence electrons. The topological polar surface area (TPSA) is 65.0 Å². The molecule has 0 atom stereocenters. The third-order valence-corrected chi connectivity index (χ3v) is 1.41. The highest BCUT2D eigenvalue weighted by Crippen LogP contribution is 2.17. The van der Waals surface area contributed by atoms with Crippen molar-refractivity contribution in [2.45, 2.75) is 6.92 Å². The molecule has 1 aromatic carbocycles. The van der Waals surface area contributed by atoms with Gasteiger partial charge in [-0.2, -0.15) is 0 Å². The summed E-state index contributed by atoms with van der Waals surface area (Å²) >= 11 is 0. The summed E-state index contributed by atoms with van der Waals surface area (Å²) in [6.45, 7) is 1.94. The third-order valence-electron chi connectivity index (χ3n) is 1.41. The first-order valence-corrected chi connectivity index (χ1v) is 4.04. The SMILES string of the molecule is CCOC(=O)Oc1ccc(N=O)cc1. The fourth-order valence-electron chi connectivity index (χ4n) is 0.819. The molecule has 0 aromatic heterocycles. The van der Waals surface area contributed by atoms with Crippen molar-refractivity contribution in [2.75, 3.05) is 6.61 Å². The van der Waals surface area contributed by atoms with Gasteiger partial charge < -0.3 is 9.47 Å². The zero-order valence-electron chi connectivity index (χ0n) is 7.60. The van der Waals surface area contributed by atoms with E-state index in [0.29, 0.717) is 5.75 Å². The zero-order valence-corrected chi connectivity index (χ0v) is 7.60. The second-order valence-electron chi connectivity index (χ2n) is 2.37. The van der Waals surface area contributed by atoms with Crippen LogP contribution in [0.3, 0.4) is 0 Å². The smallest absolute Gasteiger partial charge is 0.434 e.